The first-order chi connectivity index (χ1) is 11.5. The molecule has 2 rings (SSSR count). The van der Waals surface area contributed by atoms with Crippen LogP contribution in [0.15, 0.2) is 18.2 Å². The van der Waals surface area contributed by atoms with E-state index < -0.39 is 0 Å². The zero-order chi connectivity index (χ0) is 17.5. The van der Waals surface area contributed by atoms with Crippen LogP contribution in [-0.2, 0) is 0 Å². The van der Waals surface area contributed by atoms with E-state index in [2.05, 4.69) is 12.2 Å². The van der Waals surface area contributed by atoms with E-state index in [4.69, 9.17) is 16.3 Å². The first kappa shape index (κ1) is 19.1. The summed E-state index contributed by atoms with van der Waals surface area (Å²) < 4.78 is 5.80. The predicted octanol–water partition coefficient (Wildman–Crippen LogP) is 3.84. The molecule has 1 aliphatic rings. The fourth-order valence-corrected chi connectivity index (χ4v) is 3.50. The zero-order valence-electron chi connectivity index (χ0n) is 15.0. The summed E-state index contributed by atoms with van der Waals surface area (Å²) in [5.41, 5.74) is 0.508. The minimum Gasteiger partial charge on any atom is -0.494 e. The SMILES string of the molecule is C[C@H](CCCOc1ccc(C(=O)N(C)C)c(Cl)c1)C1CCNCC1. The van der Waals surface area contributed by atoms with Crippen molar-refractivity contribution in [2.75, 3.05) is 33.8 Å². The fourth-order valence-electron chi connectivity index (χ4n) is 3.24. The summed E-state index contributed by atoms with van der Waals surface area (Å²) in [6.45, 7) is 5.35. The van der Waals surface area contributed by atoms with E-state index in [1.165, 1.54) is 24.2 Å². The van der Waals surface area contributed by atoms with Gasteiger partial charge in [0.25, 0.3) is 5.91 Å². The molecule has 1 saturated heterocycles. The molecule has 1 atom stereocenters. The highest BCUT2D eigenvalue weighted by Gasteiger charge is 2.19. The number of amides is 1. The highest BCUT2D eigenvalue weighted by atomic mass is 35.5. The van der Waals surface area contributed by atoms with E-state index in [0.717, 1.165) is 37.1 Å². The lowest BCUT2D eigenvalue weighted by Gasteiger charge is -2.28. The molecule has 4 nitrogen and oxygen atoms in total. The number of hydrogen-bond acceptors (Lipinski definition) is 3. The Balaban J connectivity index is 1.76. The molecule has 0 unspecified atom stereocenters. The molecule has 0 aromatic heterocycles. The van der Waals surface area contributed by atoms with Crippen molar-refractivity contribution in [1.29, 1.82) is 0 Å². The Morgan fingerprint density at radius 3 is 2.71 bits per heavy atom. The van der Waals surface area contributed by atoms with Gasteiger partial charge in [-0.15, -0.1) is 0 Å². The second-order valence-corrected chi connectivity index (χ2v) is 7.30. The van der Waals surface area contributed by atoms with Crippen molar-refractivity contribution in [2.24, 2.45) is 11.8 Å². The Labute approximate surface area is 150 Å². The van der Waals surface area contributed by atoms with Gasteiger partial charge in [-0.1, -0.05) is 18.5 Å². The van der Waals surface area contributed by atoms with Gasteiger partial charge in [0.05, 0.1) is 17.2 Å². The molecule has 1 aromatic rings. The number of benzene rings is 1. The predicted molar refractivity (Wildman–Crippen MR) is 99.0 cm³/mol. The number of rotatable bonds is 7. The van der Waals surface area contributed by atoms with E-state index in [0.29, 0.717) is 17.2 Å². The standard InChI is InChI=1S/C19H29ClN2O2/c1-14(15-8-10-21-11-9-15)5-4-12-24-16-6-7-17(18(20)13-16)19(23)22(2)3/h6-7,13-15,21H,4-5,8-12H2,1-3H3/t14-/m1/s1. The second kappa shape index (κ2) is 9.28. The van der Waals surface area contributed by atoms with E-state index in [-0.39, 0.29) is 5.91 Å². The number of hydrogen-bond donors (Lipinski definition) is 1. The second-order valence-electron chi connectivity index (χ2n) is 6.90. The van der Waals surface area contributed by atoms with Crippen molar-refractivity contribution in [3.8, 4) is 5.75 Å². The number of carbonyl (C=O) groups excluding carboxylic acids is 1. The van der Waals surface area contributed by atoms with Crippen LogP contribution in [0.3, 0.4) is 0 Å². The van der Waals surface area contributed by atoms with Crippen LogP contribution in [0.4, 0.5) is 0 Å². The number of halogens is 1. The Morgan fingerprint density at radius 1 is 1.38 bits per heavy atom. The van der Waals surface area contributed by atoms with Crippen LogP contribution in [0.5, 0.6) is 5.75 Å². The van der Waals surface area contributed by atoms with Gasteiger partial charge < -0.3 is 15.0 Å². The molecule has 24 heavy (non-hydrogen) atoms. The Kier molecular flexibility index (Phi) is 7.38. The van der Waals surface area contributed by atoms with Crippen LogP contribution in [0.2, 0.25) is 5.02 Å². The molecule has 134 valence electrons. The lowest BCUT2D eigenvalue weighted by atomic mass is 9.83. The first-order valence-electron chi connectivity index (χ1n) is 8.83. The van der Waals surface area contributed by atoms with Gasteiger partial charge in [0.2, 0.25) is 0 Å². The molecule has 0 radical (unpaired) electrons. The zero-order valence-corrected chi connectivity index (χ0v) is 15.7. The summed E-state index contributed by atoms with van der Waals surface area (Å²) in [6, 6.07) is 5.28. The van der Waals surface area contributed by atoms with Gasteiger partial charge in [-0.3, -0.25) is 4.79 Å². The quantitative estimate of drug-likeness (QED) is 0.758. The normalized spacial score (nSPS) is 16.7. The van der Waals surface area contributed by atoms with Crippen molar-refractivity contribution in [1.82, 2.24) is 10.2 Å². The van der Waals surface area contributed by atoms with Crippen LogP contribution in [-0.4, -0.2) is 44.6 Å². The maximum Gasteiger partial charge on any atom is 0.254 e. The number of carbonyl (C=O) groups is 1. The molecule has 0 bridgehead atoms. The number of nitrogens with zero attached hydrogens (tertiary/aromatic N) is 1. The highest BCUT2D eigenvalue weighted by Crippen LogP contribution is 2.26. The van der Waals surface area contributed by atoms with Crippen LogP contribution < -0.4 is 10.1 Å². The van der Waals surface area contributed by atoms with Crippen LogP contribution >= 0.6 is 11.6 Å². The first-order valence-corrected chi connectivity index (χ1v) is 9.21. The average Bonchev–Trinajstić information content (AvgIpc) is 2.58. The summed E-state index contributed by atoms with van der Waals surface area (Å²) in [5, 5.41) is 3.86. The lowest BCUT2D eigenvalue weighted by molar-refractivity contribution is 0.0827. The summed E-state index contributed by atoms with van der Waals surface area (Å²) in [7, 11) is 3.43. The van der Waals surface area contributed by atoms with Crippen LogP contribution in [0, 0.1) is 11.8 Å². The Bertz CT molecular complexity index is 542. The third-order valence-electron chi connectivity index (χ3n) is 4.84. The maximum absolute atomic E-state index is 12.0. The molecule has 1 aromatic carbocycles. The van der Waals surface area contributed by atoms with Gasteiger partial charge in [0, 0.05) is 14.1 Å². The monoisotopic (exact) mass is 352 g/mol. The van der Waals surface area contributed by atoms with E-state index in [1.54, 1.807) is 26.2 Å². The molecule has 1 N–H and O–H groups in total. The Hall–Kier alpha value is -1.26. The van der Waals surface area contributed by atoms with E-state index in [9.17, 15) is 4.79 Å². The maximum atomic E-state index is 12.0. The third kappa shape index (κ3) is 5.38. The topological polar surface area (TPSA) is 41.6 Å². The lowest BCUT2D eigenvalue weighted by Crippen LogP contribution is -2.30. The highest BCUT2D eigenvalue weighted by molar-refractivity contribution is 6.34. The van der Waals surface area contributed by atoms with E-state index in [1.807, 2.05) is 6.07 Å². The molecule has 1 fully saturated rings. The van der Waals surface area contributed by atoms with Crippen molar-refractivity contribution in [3.05, 3.63) is 28.8 Å². The average molecular weight is 353 g/mol. The molecule has 0 aliphatic carbocycles. The minimum atomic E-state index is -0.0950. The molecule has 1 amide bonds. The molecule has 0 saturated carbocycles. The summed E-state index contributed by atoms with van der Waals surface area (Å²) >= 11 is 6.20. The van der Waals surface area contributed by atoms with Crippen molar-refractivity contribution < 1.29 is 9.53 Å². The summed E-state index contributed by atoms with van der Waals surface area (Å²) in [4.78, 5) is 13.5. The summed E-state index contributed by atoms with van der Waals surface area (Å²) in [5.74, 6) is 2.23. The molecule has 0 spiro atoms. The van der Waals surface area contributed by atoms with Crippen LogP contribution in [0.1, 0.15) is 43.0 Å². The van der Waals surface area contributed by atoms with Crippen molar-refractivity contribution in [2.45, 2.75) is 32.6 Å². The van der Waals surface area contributed by atoms with E-state index >= 15 is 0 Å². The van der Waals surface area contributed by atoms with Crippen molar-refractivity contribution >= 4 is 17.5 Å². The molecular weight excluding hydrogens is 324 g/mol. The minimum absolute atomic E-state index is 0.0950. The number of piperidine rings is 1. The third-order valence-corrected chi connectivity index (χ3v) is 5.15. The van der Waals surface area contributed by atoms with Gasteiger partial charge in [0.15, 0.2) is 0 Å². The smallest absolute Gasteiger partial charge is 0.254 e. The van der Waals surface area contributed by atoms with Gasteiger partial charge in [0.1, 0.15) is 5.75 Å². The molecule has 1 heterocycles. The molecule has 1 aliphatic heterocycles. The molecular formula is C19H29ClN2O2. The number of nitrogens with one attached hydrogen (secondary N) is 1. The Morgan fingerprint density at radius 2 is 2.08 bits per heavy atom. The van der Waals surface area contributed by atoms with Gasteiger partial charge in [-0.25, -0.2) is 0 Å². The fraction of sp³-hybridized carbons (Fsp3) is 0.632. The molecule has 5 heteroatoms. The number of ether oxygens (including phenoxy) is 1. The van der Waals surface area contributed by atoms with Gasteiger partial charge in [-0.05, 0) is 68.8 Å². The van der Waals surface area contributed by atoms with Gasteiger partial charge >= 0.3 is 0 Å². The van der Waals surface area contributed by atoms with Crippen LogP contribution in [0.25, 0.3) is 0 Å². The van der Waals surface area contributed by atoms with Crippen molar-refractivity contribution in [3.63, 3.8) is 0 Å². The summed E-state index contributed by atoms with van der Waals surface area (Å²) in [6.07, 6.45) is 4.81. The van der Waals surface area contributed by atoms with Gasteiger partial charge in [-0.2, -0.15) is 0 Å². The largest absolute Gasteiger partial charge is 0.494 e.